The van der Waals surface area contributed by atoms with Gasteiger partial charge in [0.2, 0.25) is 0 Å². The molecule has 1 fully saturated rings. The van der Waals surface area contributed by atoms with E-state index in [1.807, 2.05) is 12.1 Å². The van der Waals surface area contributed by atoms with E-state index in [4.69, 9.17) is 9.47 Å². The van der Waals surface area contributed by atoms with Crippen molar-refractivity contribution in [3.8, 4) is 5.75 Å². The molecule has 0 spiro atoms. The maximum atomic E-state index is 6.25. The number of para-hydroxylation sites is 1. The second-order valence-corrected chi connectivity index (χ2v) is 6.74. The maximum absolute atomic E-state index is 6.25. The van der Waals surface area contributed by atoms with E-state index < -0.39 is 0 Å². The Labute approximate surface area is 144 Å². The molecule has 0 amide bonds. The lowest BCUT2D eigenvalue weighted by Crippen LogP contribution is -2.36. The molecule has 3 heteroatoms. The number of anilines is 1. The SMILES string of the molecule is CCc1ccc2c(c1)[C@@H]1OCCC[C@H]1[C@H](c1ccccc1OC)N2. The Morgan fingerprint density at radius 3 is 2.88 bits per heavy atom. The Balaban J connectivity index is 1.79. The van der Waals surface area contributed by atoms with E-state index >= 15 is 0 Å². The quantitative estimate of drug-likeness (QED) is 0.872. The average molecular weight is 323 g/mol. The summed E-state index contributed by atoms with van der Waals surface area (Å²) in [5.74, 6) is 1.39. The Bertz CT molecular complexity index is 728. The number of methoxy groups -OCH3 is 1. The van der Waals surface area contributed by atoms with Gasteiger partial charge in [0.1, 0.15) is 5.75 Å². The summed E-state index contributed by atoms with van der Waals surface area (Å²) in [4.78, 5) is 0. The summed E-state index contributed by atoms with van der Waals surface area (Å²) in [6.45, 7) is 3.06. The lowest BCUT2D eigenvalue weighted by atomic mass is 9.77. The van der Waals surface area contributed by atoms with Gasteiger partial charge >= 0.3 is 0 Å². The second kappa shape index (κ2) is 6.48. The van der Waals surface area contributed by atoms with Crippen LogP contribution in [0.2, 0.25) is 0 Å². The fourth-order valence-electron chi connectivity index (χ4n) is 4.17. The summed E-state index contributed by atoms with van der Waals surface area (Å²) in [6, 6.07) is 15.3. The molecule has 0 bridgehead atoms. The summed E-state index contributed by atoms with van der Waals surface area (Å²) >= 11 is 0. The van der Waals surface area contributed by atoms with Crippen molar-refractivity contribution in [2.24, 2.45) is 5.92 Å². The molecule has 0 aliphatic carbocycles. The van der Waals surface area contributed by atoms with Crippen LogP contribution in [0.25, 0.3) is 0 Å². The number of aryl methyl sites for hydroxylation is 1. The van der Waals surface area contributed by atoms with Crippen LogP contribution in [-0.4, -0.2) is 13.7 Å². The molecule has 2 aliphatic heterocycles. The number of ether oxygens (including phenoxy) is 2. The zero-order valence-electron chi connectivity index (χ0n) is 14.4. The molecule has 0 aromatic heterocycles. The van der Waals surface area contributed by atoms with E-state index in [1.54, 1.807) is 7.11 Å². The third kappa shape index (κ3) is 2.57. The van der Waals surface area contributed by atoms with E-state index in [1.165, 1.54) is 28.8 Å². The van der Waals surface area contributed by atoms with Crippen molar-refractivity contribution >= 4 is 5.69 Å². The van der Waals surface area contributed by atoms with Crippen molar-refractivity contribution in [3.63, 3.8) is 0 Å². The van der Waals surface area contributed by atoms with Crippen LogP contribution in [0.4, 0.5) is 5.69 Å². The van der Waals surface area contributed by atoms with Crippen LogP contribution in [0.5, 0.6) is 5.75 Å². The Hall–Kier alpha value is -2.00. The first-order valence-corrected chi connectivity index (χ1v) is 8.95. The van der Waals surface area contributed by atoms with Crippen molar-refractivity contribution in [1.29, 1.82) is 0 Å². The molecule has 2 heterocycles. The van der Waals surface area contributed by atoms with Crippen LogP contribution in [0.15, 0.2) is 42.5 Å². The first-order chi connectivity index (χ1) is 11.8. The average Bonchev–Trinajstić information content (AvgIpc) is 2.67. The number of benzene rings is 2. The Morgan fingerprint density at radius 1 is 1.17 bits per heavy atom. The van der Waals surface area contributed by atoms with Gasteiger partial charge in [-0.25, -0.2) is 0 Å². The molecule has 2 aromatic carbocycles. The standard InChI is InChI=1S/C21H25NO2/c1-3-14-10-11-18-17(13-14)21-16(8-6-12-24-21)20(22-18)15-7-4-5-9-19(15)23-2/h4-5,7,9-11,13,16,20-22H,3,6,8,12H2,1-2H3/t16-,20-,21+/m0/s1. The second-order valence-electron chi connectivity index (χ2n) is 6.74. The van der Waals surface area contributed by atoms with Gasteiger partial charge in [-0.05, 0) is 37.0 Å². The minimum absolute atomic E-state index is 0.177. The van der Waals surface area contributed by atoms with E-state index in [0.717, 1.165) is 25.2 Å². The molecule has 3 nitrogen and oxygen atoms in total. The van der Waals surface area contributed by atoms with Crippen LogP contribution in [0.1, 0.15) is 48.6 Å². The van der Waals surface area contributed by atoms with Crippen molar-refractivity contribution < 1.29 is 9.47 Å². The van der Waals surface area contributed by atoms with Crippen LogP contribution in [-0.2, 0) is 11.2 Å². The fraction of sp³-hybridized carbons (Fsp3) is 0.429. The number of fused-ring (bicyclic) bond motifs is 3. The zero-order valence-corrected chi connectivity index (χ0v) is 14.4. The molecule has 2 aliphatic rings. The van der Waals surface area contributed by atoms with Crippen molar-refractivity contribution in [2.45, 2.75) is 38.3 Å². The van der Waals surface area contributed by atoms with E-state index in [9.17, 15) is 0 Å². The molecule has 0 radical (unpaired) electrons. The van der Waals surface area contributed by atoms with Gasteiger partial charge < -0.3 is 14.8 Å². The van der Waals surface area contributed by atoms with Gasteiger partial charge in [0.25, 0.3) is 0 Å². The third-order valence-corrected chi connectivity index (χ3v) is 5.41. The van der Waals surface area contributed by atoms with Crippen LogP contribution in [0.3, 0.4) is 0 Å². The van der Waals surface area contributed by atoms with Gasteiger partial charge in [0.15, 0.2) is 0 Å². The minimum atomic E-state index is 0.177. The molecule has 2 aromatic rings. The van der Waals surface area contributed by atoms with Gasteiger partial charge in [-0.3, -0.25) is 0 Å². The predicted octanol–water partition coefficient (Wildman–Crippen LogP) is 4.89. The van der Waals surface area contributed by atoms with E-state index in [2.05, 4.69) is 42.6 Å². The van der Waals surface area contributed by atoms with Crippen LogP contribution < -0.4 is 10.1 Å². The topological polar surface area (TPSA) is 30.5 Å². The predicted molar refractivity (Wildman–Crippen MR) is 96.6 cm³/mol. The monoisotopic (exact) mass is 323 g/mol. The maximum Gasteiger partial charge on any atom is 0.124 e. The molecule has 1 saturated heterocycles. The highest BCUT2D eigenvalue weighted by Crippen LogP contribution is 2.50. The summed E-state index contributed by atoms with van der Waals surface area (Å²) in [5.41, 5.74) is 5.13. The minimum Gasteiger partial charge on any atom is -0.496 e. The summed E-state index contributed by atoms with van der Waals surface area (Å²) in [5, 5.41) is 3.78. The molecule has 24 heavy (non-hydrogen) atoms. The van der Waals surface area contributed by atoms with Crippen molar-refractivity contribution in [2.75, 3.05) is 19.0 Å². The van der Waals surface area contributed by atoms with Crippen molar-refractivity contribution in [3.05, 3.63) is 59.2 Å². The van der Waals surface area contributed by atoms with Gasteiger partial charge in [-0.15, -0.1) is 0 Å². The number of hydrogen-bond acceptors (Lipinski definition) is 3. The fourth-order valence-corrected chi connectivity index (χ4v) is 4.17. The van der Waals surface area contributed by atoms with Crippen molar-refractivity contribution in [1.82, 2.24) is 0 Å². The molecule has 4 rings (SSSR count). The number of hydrogen-bond donors (Lipinski definition) is 1. The van der Waals surface area contributed by atoms with E-state index in [0.29, 0.717) is 5.92 Å². The zero-order chi connectivity index (χ0) is 16.5. The largest absolute Gasteiger partial charge is 0.496 e. The lowest BCUT2D eigenvalue weighted by molar-refractivity contribution is -0.0383. The van der Waals surface area contributed by atoms with Crippen LogP contribution in [0, 0.1) is 5.92 Å². The molecule has 1 N–H and O–H groups in total. The van der Waals surface area contributed by atoms with Gasteiger partial charge in [0, 0.05) is 29.3 Å². The summed E-state index contributed by atoms with van der Waals surface area (Å²) in [7, 11) is 1.75. The first kappa shape index (κ1) is 15.5. The summed E-state index contributed by atoms with van der Waals surface area (Å²) in [6.07, 6.45) is 3.53. The summed E-state index contributed by atoms with van der Waals surface area (Å²) < 4.78 is 11.9. The van der Waals surface area contributed by atoms with Gasteiger partial charge in [-0.1, -0.05) is 37.3 Å². The molecular weight excluding hydrogens is 298 g/mol. The molecule has 0 saturated carbocycles. The Morgan fingerprint density at radius 2 is 2.04 bits per heavy atom. The number of nitrogens with one attached hydrogen (secondary N) is 1. The lowest BCUT2D eigenvalue weighted by Gasteiger charge is -2.43. The highest BCUT2D eigenvalue weighted by molar-refractivity contribution is 5.59. The van der Waals surface area contributed by atoms with E-state index in [-0.39, 0.29) is 12.1 Å². The molecule has 3 atom stereocenters. The molecular formula is C21H25NO2. The smallest absolute Gasteiger partial charge is 0.124 e. The third-order valence-electron chi connectivity index (χ3n) is 5.41. The van der Waals surface area contributed by atoms with Crippen LogP contribution >= 0.6 is 0 Å². The highest BCUT2D eigenvalue weighted by Gasteiger charge is 2.40. The highest BCUT2D eigenvalue weighted by atomic mass is 16.5. The Kier molecular flexibility index (Phi) is 4.19. The normalized spacial score (nSPS) is 25.3. The van der Waals surface area contributed by atoms with Gasteiger partial charge in [0.05, 0.1) is 19.3 Å². The van der Waals surface area contributed by atoms with Gasteiger partial charge in [-0.2, -0.15) is 0 Å². The molecule has 0 unspecified atom stereocenters. The first-order valence-electron chi connectivity index (χ1n) is 8.95. The molecule has 126 valence electrons. The number of rotatable bonds is 3.